The third kappa shape index (κ3) is 3.81. The van der Waals surface area contributed by atoms with Gasteiger partial charge in [0.2, 0.25) is 0 Å². The van der Waals surface area contributed by atoms with E-state index in [4.69, 9.17) is 9.15 Å². The smallest absolute Gasteiger partial charge is 0.256 e. The first-order chi connectivity index (χ1) is 16.6. The second kappa shape index (κ2) is 8.13. The maximum Gasteiger partial charge on any atom is 0.256 e. The third-order valence-corrected chi connectivity index (χ3v) is 6.68. The zero-order valence-corrected chi connectivity index (χ0v) is 20.4. The van der Waals surface area contributed by atoms with Crippen LogP contribution in [0.4, 0.5) is 0 Å². The minimum atomic E-state index is -0.894. The van der Waals surface area contributed by atoms with Gasteiger partial charge in [0.15, 0.2) is 5.75 Å². The number of hydrogen-bond acceptors (Lipinski definition) is 6. The molecule has 0 saturated carbocycles. The highest BCUT2D eigenvalue weighted by molar-refractivity contribution is 6.07. The van der Waals surface area contributed by atoms with Gasteiger partial charge in [-0.2, -0.15) is 5.10 Å². The predicted molar refractivity (Wildman–Crippen MR) is 130 cm³/mol. The number of rotatable bonds is 4. The molecule has 1 aliphatic heterocycles. The second-order valence-electron chi connectivity index (χ2n) is 9.51. The van der Waals surface area contributed by atoms with E-state index < -0.39 is 5.60 Å². The molecule has 9 nitrogen and oxygen atoms in total. The lowest BCUT2D eigenvalue weighted by atomic mass is 10.0. The summed E-state index contributed by atoms with van der Waals surface area (Å²) < 4.78 is 13.6. The number of benzene rings is 1. The van der Waals surface area contributed by atoms with Gasteiger partial charge in [0.05, 0.1) is 22.9 Å². The molecular weight excluding hydrogens is 448 g/mol. The quantitative estimate of drug-likeness (QED) is 0.463. The lowest BCUT2D eigenvalue weighted by molar-refractivity contribution is 0.0566. The Kier molecular flexibility index (Phi) is 5.32. The molecule has 2 amide bonds. The van der Waals surface area contributed by atoms with Crippen molar-refractivity contribution in [2.75, 3.05) is 13.6 Å². The molecule has 4 aromatic rings. The topological polar surface area (TPSA) is 109 Å². The average Bonchev–Trinajstić information content (AvgIpc) is 3.42. The highest BCUT2D eigenvalue weighted by atomic mass is 16.5. The summed E-state index contributed by atoms with van der Waals surface area (Å²) in [7, 11) is 1.58. The third-order valence-electron chi connectivity index (χ3n) is 6.68. The number of carbonyl (C=O) groups is 2. The number of β-amino-alcohol motifs (C(OH)–C–C–N with tert-alkyl or cyclic N) is 1. The van der Waals surface area contributed by atoms with Crippen molar-refractivity contribution in [3.63, 3.8) is 0 Å². The Labute approximate surface area is 202 Å². The van der Waals surface area contributed by atoms with Crippen LogP contribution in [0.2, 0.25) is 0 Å². The van der Waals surface area contributed by atoms with Crippen LogP contribution in [0, 0.1) is 13.8 Å². The van der Waals surface area contributed by atoms with Crippen LogP contribution >= 0.6 is 0 Å². The molecule has 1 saturated heterocycles. The molecule has 1 fully saturated rings. The van der Waals surface area contributed by atoms with Crippen molar-refractivity contribution in [3.8, 4) is 11.5 Å². The molecule has 2 atom stereocenters. The molecule has 0 bridgehead atoms. The van der Waals surface area contributed by atoms with Crippen molar-refractivity contribution in [3.05, 3.63) is 59.1 Å². The molecule has 0 spiro atoms. The molecule has 35 heavy (non-hydrogen) atoms. The van der Waals surface area contributed by atoms with Gasteiger partial charge in [-0.15, -0.1) is 0 Å². The summed E-state index contributed by atoms with van der Waals surface area (Å²) in [4.78, 5) is 27.3. The standard InChI is InChI=1S/C26H28N4O5/c1-14-11-26(4,33)13-29(14)25(32)19-12-30-23(15(19)2)20(8-9-28-30)35-17-6-7-18-21(10-17)34-16(3)22(18)24(31)27-5/h6-10,12,14,33H,11,13H2,1-5H3,(H,27,31)/t14-,26+/m1/s1. The normalized spacial score (nSPS) is 20.1. The second-order valence-corrected chi connectivity index (χ2v) is 9.51. The molecule has 5 rings (SSSR count). The number of aliphatic hydroxyl groups is 1. The molecule has 182 valence electrons. The van der Waals surface area contributed by atoms with E-state index in [1.807, 2.05) is 13.8 Å². The summed E-state index contributed by atoms with van der Waals surface area (Å²) in [6.45, 7) is 7.60. The van der Waals surface area contributed by atoms with Crippen LogP contribution in [0.5, 0.6) is 11.5 Å². The first kappa shape index (κ1) is 22.9. The van der Waals surface area contributed by atoms with Gasteiger partial charge in [-0.05, 0) is 51.8 Å². The first-order valence-electron chi connectivity index (χ1n) is 11.5. The zero-order chi connectivity index (χ0) is 25.1. The summed E-state index contributed by atoms with van der Waals surface area (Å²) >= 11 is 0. The van der Waals surface area contributed by atoms with E-state index >= 15 is 0 Å². The number of carbonyl (C=O) groups excluding carboxylic acids is 2. The lowest BCUT2D eigenvalue weighted by Gasteiger charge is -2.21. The van der Waals surface area contributed by atoms with Gasteiger partial charge in [0, 0.05) is 43.4 Å². The highest BCUT2D eigenvalue weighted by Crippen LogP contribution is 2.35. The van der Waals surface area contributed by atoms with Gasteiger partial charge in [-0.3, -0.25) is 9.59 Å². The molecule has 0 unspecified atom stereocenters. The SMILES string of the molecule is CNC(=O)c1c(C)oc2cc(Oc3ccnn4cc(C(=O)N5C[C@@](C)(O)C[C@H]5C)c(C)c34)ccc12. The first-order valence-corrected chi connectivity index (χ1v) is 11.5. The Morgan fingerprint density at radius 3 is 2.74 bits per heavy atom. The number of likely N-dealkylation sites (tertiary alicyclic amines) is 1. The monoisotopic (exact) mass is 476 g/mol. The average molecular weight is 477 g/mol. The van der Waals surface area contributed by atoms with Crippen LogP contribution < -0.4 is 10.1 Å². The van der Waals surface area contributed by atoms with E-state index in [1.54, 1.807) is 67.0 Å². The van der Waals surface area contributed by atoms with E-state index in [-0.39, 0.29) is 24.4 Å². The van der Waals surface area contributed by atoms with E-state index in [0.29, 0.717) is 51.3 Å². The van der Waals surface area contributed by atoms with Crippen LogP contribution in [0.25, 0.3) is 16.5 Å². The molecule has 1 aliphatic rings. The lowest BCUT2D eigenvalue weighted by Crippen LogP contribution is -2.36. The Morgan fingerprint density at radius 1 is 1.29 bits per heavy atom. The number of nitrogens with one attached hydrogen (secondary N) is 1. The number of nitrogens with zero attached hydrogens (tertiary/aromatic N) is 3. The number of ether oxygens (including phenoxy) is 1. The molecule has 0 aliphatic carbocycles. The minimum Gasteiger partial charge on any atom is -0.460 e. The highest BCUT2D eigenvalue weighted by Gasteiger charge is 2.40. The Balaban J connectivity index is 1.50. The maximum atomic E-state index is 13.4. The zero-order valence-electron chi connectivity index (χ0n) is 20.4. The number of hydrogen-bond donors (Lipinski definition) is 2. The summed E-state index contributed by atoms with van der Waals surface area (Å²) in [6, 6.07) is 6.99. The maximum absolute atomic E-state index is 13.4. The van der Waals surface area contributed by atoms with Crippen molar-refractivity contribution in [2.24, 2.45) is 0 Å². The van der Waals surface area contributed by atoms with Gasteiger partial charge in [0.1, 0.15) is 22.6 Å². The van der Waals surface area contributed by atoms with E-state index in [0.717, 1.165) is 5.56 Å². The molecule has 9 heteroatoms. The number of aromatic nitrogens is 2. The van der Waals surface area contributed by atoms with Crippen LogP contribution in [0.15, 0.2) is 41.1 Å². The van der Waals surface area contributed by atoms with Crippen molar-refractivity contribution in [2.45, 2.75) is 45.8 Å². The largest absolute Gasteiger partial charge is 0.460 e. The van der Waals surface area contributed by atoms with Crippen LogP contribution in [-0.4, -0.2) is 56.7 Å². The van der Waals surface area contributed by atoms with Crippen molar-refractivity contribution in [1.29, 1.82) is 0 Å². The molecule has 2 N–H and O–H groups in total. The van der Waals surface area contributed by atoms with Crippen LogP contribution in [0.1, 0.15) is 52.3 Å². The van der Waals surface area contributed by atoms with E-state index in [1.165, 1.54) is 0 Å². The number of fused-ring (bicyclic) bond motifs is 2. The van der Waals surface area contributed by atoms with Gasteiger partial charge in [-0.25, -0.2) is 4.52 Å². The number of aryl methyl sites for hydroxylation is 2. The molecule has 1 aromatic carbocycles. The molecule has 0 radical (unpaired) electrons. The summed E-state index contributed by atoms with van der Waals surface area (Å²) in [5, 5.41) is 18.1. The van der Waals surface area contributed by atoms with Crippen LogP contribution in [0.3, 0.4) is 0 Å². The Morgan fingerprint density at radius 2 is 2.06 bits per heavy atom. The molecule has 3 aromatic heterocycles. The fourth-order valence-corrected chi connectivity index (χ4v) is 5.08. The van der Waals surface area contributed by atoms with E-state index in [9.17, 15) is 14.7 Å². The van der Waals surface area contributed by atoms with E-state index in [2.05, 4.69) is 10.4 Å². The van der Waals surface area contributed by atoms with Gasteiger partial charge in [0.25, 0.3) is 11.8 Å². The van der Waals surface area contributed by atoms with Crippen LogP contribution in [-0.2, 0) is 0 Å². The molecular formula is C26H28N4O5. The minimum absolute atomic E-state index is 0.0632. The van der Waals surface area contributed by atoms with Crippen molar-refractivity contribution < 1.29 is 23.8 Å². The fourth-order valence-electron chi connectivity index (χ4n) is 5.08. The fraction of sp³-hybridized carbons (Fsp3) is 0.346. The molecule has 4 heterocycles. The summed E-state index contributed by atoms with van der Waals surface area (Å²) in [6.07, 6.45) is 3.85. The predicted octanol–water partition coefficient (Wildman–Crippen LogP) is 3.83. The Hall–Kier alpha value is -3.85. The van der Waals surface area contributed by atoms with Gasteiger partial charge in [-0.1, -0.05) is 0 Å². The van der Waals surface area contributed by atoms with Crippen molar-refractivity contribution in [1.82, 2.24) is 19.8 Å². The number of furan rings is 1. The van der Waals surface area contributed by atoms with Gasteiger partial charge < -0.3 is 24.5 Å². The summed E-state index contributed by atoms with van der Waals surface area (Å²) in [5.41, 5.74) is 2.09. The number of amides is 2. The van der Waals surface area contributed by atoms with Crippen molar-refractivity contribution >= 4 is 28.3 Å². The Bertz CT molecular complexity index is 1480. The summed E-state index contributed by atoms with van der Waals surface area (Å²) in [5.74, 6) is 1.25. The van der Waals surface area contributed by atoms with Gasteiger partial charge >= 0.3 is 0 Å².